The van der Waals surface area contributed by atoms with Crippen molar-refractivity contribution in [2.75, 3.05) is 51.8 Å². The maximum Gasteiger partial charge on any atom is 0.240 e. The normalized spacial score (nSPS) is 15.6. The second-order valence-corrected chi connectivity index (χ2v) is 9.82. The van der Waals surface area contributed by atoms with E-state index in [1.807, 2.05) is 30.5 Å². The molecule has 9 heteroatoms. The molecular formula is C25H30N4O4S. The third kappa shape index (κ3) is 5.67. The second kappa shape index (κ2) is 10.9. The fourth-order valence-corrected chi connectivity index (χ4v) is 5.18. The summed E-state index contributed by atoms with van der Waals surface area (Å²) in [6.07, 6.45) is 3.53. The fourth-order valence-electron chi connectivity index (χ4n) is 4.14. The van der Waals surface area contributed by atoms with E-state index in [4.69, 9.17) is 9.47 Å². The summed E-state index contributed by atoms with van der Waals surface area (Å²) < 4.78 is 39.1. The third-order valence-corrected chi connectivity index (χ3v) is 7.54. The van der Waals surface area contributed by atoms with Crippen LogP contribution in [0.15, 0.2) is 78.0 Å². The number of ether oxygens (including phenoxy) is 2. The Kier molecular flexibility index (Phi) is 7.66. The molecule has 8 nitrogen and oxygen atoms in total. The molecule has 1 atom stereocenters. The number of methoxy groups -OCH3 is 2. The summed E-state index contributed by atoms with van der Waals surface area (Å²) in [6, 6.07) is 18.2. The quantitative estimate of drug-likeness (QED) is 0.502. The minimum atomic E-state index is -3.66. The van der Waals surface area contributed by atoms with Gasteiger partial charge < -0.3 is 14.4 Å². The molecule has 0 saturated carbocycles. The molecular weight excluding hydrogens is 452 g/mol. The first-order chi connectivity index (χ1) is 16.5. The molecule has 1 N–H and O–H groups in total. The Morgan fingerprint density at radius 3 is 2.09 bits per heavy atom. The van der Waals surface area contributed by atoms with Gasteiger partial charge in [0, 0.05) is 50.8 Å². The van der Waals surface area contributed by atoms with Gasteiger partial charge in [0.2, 0.25) is 10.0 Å². The van der Waals surface area contributed by atoms with Crippen LogP contribution >= 0.6 is 0 Å². The van der Waals surface area contributed by atoms with Gasteiger partial charge in [0.25, 0.3) is 0 Å². The van der Waals surface area contributed by atoms with E-state index in [1.54, 1.807) is 44.7 Å². The molecule has 2 aromatic carbocycles. The second-order valence-electron chi connectivity index (χ2n) is 8.05. The van der Waals surface area contributed by atoms with Gasteiger partial charge >= 0.3 is 0 Å². The van der Waals surface area contributed by atoms with Gasteiger partial charge in [0.1, 0.15) is 11.5 Å². The van der Waals surface area contributed by atoms with Gasteiger partial charge in [0.05, 0.1) is 25.2 Å². The van der Waals surface area contributed by atoms with Gasteiger partial charge in [-0.25, -0.2) is 13.1 Å². The van der Waals surface area contributed by atoms with Crippen molar-refractivity contribution >= 4 is 15.7 Å². The van der Waals surface area contributed by atoms with Crippen molar-refractivity contribution < 1.29 is 17.9 Å². The van der Waals surface area contributed by atoms with Crippen LogP contribution in [-0.2, 0) is 10.0 Å². The minimum Gasteiger partial charge on any atom is -0.497 e. The van der Waals surface area contributed by atoms with Crippen LogP contribution < -0.4 is 19.1 Å². The Hall–Kier alpha value is -3.14. The zero-order valence-corrected chi connectivity index (χ0v) is 20.2. The summed E-state index contributed by atoms with van der Waals surface area (Å²) in [7, 11) is -0.450. The number of pyridine rings is 1. The molecule has 0 spiro atoms. The molecule has 1 aliphatic heterocycles. The fraction of sp³-hybridized carbons (Fsp3) is 0.320. The number of nitrogens with one attached hydrogen (secondary N) is 1. The Morgan fingerprint density at radius 1 is 0.912 bits per heavy atom. The standard InChI is InChI=1S/C25H30N4O4S/c1-32-22-7-5-21(6-8-22)28-14-16-29(17-15-28)25(20-4-3-13-26-18-20)19-27-34(30,31)24-11-9-23(33-2)10-12-24/h3-13,18,25,27H,14-17,19H2,1-2H3/t25-/m1/s1. The smallest absolute Gasteiger partial charge is 0.240 e. The SMILES string of the molecule is COc1ccc(N2CCN([C@H](CNS(=O)(=O)c3ccc(OC)cc3)c3cccnc3)CC2)cc1. The molecule has 180 valence electrons. The van der Waals surface area contributed by atoms with Crippen molar-refractivity contribution in [3.8, 4) is 11.5 Å². The Balaban J connectivity index is 1.45. The predicted molar refractivity (Wildman–Crippen MR) is 132 cm³/mol. The van der Waals surface area contributed by atoms with Gasteiger partial charge in [-0.15, -0.1) is 0 Å². The largest absolute Gasteiger partial charge is 0.497 e. The molecule has 1 aromatic heterocycles. The lowest BCUT2D eigenvalue weighted by atomic mass is 10.1. The van der Waals surface area contributed by atoms with Crippen LogP contribution in [0.25, 0.3) is 0 Å². The van der Waals surface area contributed by atoms with Crippen LogP contribution in [0.1, 0.15) is 11.6 Å². The Bertz CT molecular complexity index is 1150. The van der Waals surface area contributed by atoms with E-state index in [2.05, 4.69) is 31.6 Å². The van der Waals surface area contributed by atoms with E-state index >= 15 is 0 Å². The Labute approximate surface area is 201 Å². The lowest BCUT2D eigenvalue weighted by molar-refractivity contribution is 0.186. The topological polar surface area (TPSA) is 84.0 Å². The molecule has 1 aliphatic rings. The molecule has 2 heterocycles. The van der Waals surface area contributed by atoms with Crippen LogP contribution in [0, 0.1) is 0 Å². The molecule has 1 fully saturated rings. The molecule has 0 aliphatic carbocycles. The van der Waals surface area contributed by atoms with Crippen LogP contribution in [-0.4, -0.2) is 65.2 Å². The molecule has 3 aromatic rings. The zero-order valence-electron chi connectivity index (χ0n) is 19.4. The number of aromatic nitrogens is 1. The van der Waals surface area contributed by atoms with Gasteiger partial charge in [-0.1, -0.05) is 6.07 Å². The minimum absolute atomic E-state index is 0.125. The van der Waals surface area contributed by atoms with E-state index in [1.165, 1.54) is 0 Å². The van der Waals surface area contributed by atoms with E-state index in [9.17, 15) is 8.42 Å². The van der Waals surface area contributed by atoms with Crippen molar-refractivity contribution in [3.63, 3.8) is 0 Å². The van der Waals surface area contributed by atoms with Gasteiger partial charge in [-0.2, -0.15) is 0 Å². The first kappa shape index (κ1) is 24.0. The average molecular weight is 483 g/mol. The van der Waals surface area contributed by atoms with Gasteiger partial charge in [-0.3, -0.25) is 9.88 Å². The number of rotatable bonds is 9. The maximum absolute atomic E-state index is 12.9. The molecule has 0 radical (unpaired) electrons. The van der Waals surface area contributed by atoms with Crippen LogP contribution in [0.3, 0.4) is 0 Å². The summed E-state index contributed by atoms with van der Waals surface area (Å²) in [5.41, 5.74) is 2.14. The zero-order chi connectivity index (χ0) is 24.0. The average Bonchev–Trinajstić information content (AvgIpc) is 2.90. The summed E-state index contributed by atoms with van der Waals surface area (Å²) >= 11 is 0. The van der Waals surface area contributed by atoms with E-state index in [-0.39, 0.29) is 17.5 Å². The number of hydrogen-bond donors (Lipinski definition) is 1. The summed E-state index contributed by atoms with van der Waals surface area (Å²) in [5, 5.41) is 0. The monoisotopic (exact) mass is 482 g/mol. The maximum atomic E-state index is 12.9. The van der Waals surface area contributed by atoms with Crippen LogP contribution in [0.2, 0.25) is 0 Å². The highest BCUT2D eigenvalue weighted by molar-refractivity contribution is 7.89. The van der Waals surface area contributed by atoms with Gasteiger partial charge in [-0.05, 0) is 60.2 Å². The lowest BCUT2D eigenvalue weighted by Crippen LogP contribution is -2.49. The molecule has 34 heavy (non-hydrogen) atoms. The Morgan fingerprint density at radius 2 is 1.53 bits per heavy atom. The van der Waals surface area contributed by atoms with Crippen molar-refractivity contribution in [3.05, 3.63) is 78.6 Å². The number of anilines is 1. The molecule has 0 unspecified atom stereocenters. The third-order valence-electron chi connectivity index (χ3n) is 6.10. The highest BCUT2D eigenvalue weighted by Crippen LogP contribution is 2.25. The lowest BCUT2D eigenvalue weighted by Gasteiger charge is -2.40. The number of piperazine rings is 1. The van der Waals surface area contributed by atoms with Crippen molar-refractivity contribution in [2.24, 2.45) is 0 Å². The van der Waals surface area contributed by atoms with E-state index in [0.717, 1.165) is 43.2 Å². The van der Waals surface area contributed by atoms with Gasteiger partial charge in [0.15, 0.2) is 0 Å². The summed E-state index contributed by atoms with van der Waals surface area (Å²) in [4.78, 5) is 9.12. The molecule has 4 rings (SSSR count). The summed E-state index contributed by atoms with van der Waals surface area (Å²) in [5.74, 6) is 1.45. The van der Waals surface area contributed by atoms with Crippen LogP contribution in [0.5, 0.6) is 11.5 Å². The number of nitrogens with zero attached hydrogens (tertiary/aromatic N) is 3. The number of sulfonamides is 1. The number of hydrogen-bond acceptors (Lipinski definition) is 7. The van der Waals surface area contributed by atoms with Crippen molar-refractivity contribution in [2.45, 2.75) is 10.9 Å². The number of benzene rings is 2. The van der Waals surface area contributed by atoms with E-state index in [0.29, 0.717) is 5.75 Å². The molecule has 0 amide bonds. The first-order valence-electron chi connectivity index (χ1n) is 11.2. The first-order valence-corrected chi connectivity index (χ1v) is 12.6. The van der Waals surface area contributed by atoms with Crippen molar-refractivity contribution in [1.82, 2.24) is 14.6 Å². The van der Waals surface area contributed by atoms with E-state index < -0.39 is 10.0 Å². The highest BCUT2D eigenvalue weighted by atomic mass is 32.2. The molecule has 1 saturated heterocycles. The summed E-state index contributed by atoms with van der Waals surface area (Å²) in [6.45, 7) is 3.54. The highest BCUT2D eigenvalue weighted by Gasteiger charge is 2.27. The predicted octanol–water partition coefficient (Wildman–Crippen LogP) is 2.94. The van der Waals surface area contributed by atoms with Crippen LogP contribution in [0.4, 0.5) is 5.69 Å². The molecule has 0 bridgehead atoms. The van der Waals surface area contributed by atoms with Crippen molar-refractivity contribution in [1.29, 1.82) is 0 Å².